The van der Waals surface area contributed by atoms with Crippen molar-refractivity contribution in [1.82, 2.24) is 0 Å². The summed E-state index contributed by atoms with van der Waals surface area (Å²) in [5.41, 5.74) is -1.43. The summed E-state index contributed by atoms with van der Waals surface area (Å²) >= 11 is 0. The maximum absolute atomic E-state index is 13.2. The number of rotatable bonds is 5. The summed E-state index contributed by atoms with van der Waals surface area (Å²) in [7, 11) is 1.46. The molecule has 7 nitrogen and oxygen atoms in total. The number of methoxy groups -OCH3 is 1. The van der Waals surface area contributed by atoms with Crippen LogP contribution in [0.2, 0.25) is 0 Å². The van der Waals surface area contributed by atoms with E-state index in [1.165, 1.54) is 43.5 Å². The molecule has 0 radical (unpaired) electrons. The van der Waals surface area contributed by atoms with Crippen molar-refractivity contribution in [2.24, 2.45) is 0 Å². The molecule has 4 aromatic rings. The van der Waals surface area contributed by atoms with Crippen LogP contribution in [0, 0.1) is 0 Å². The van der Waals surface area contributed by atoms with Crippen LogP contribution in [-0.4, -0.2) is 24.1 Å². The highest BCUT2D eigenvalue weighted by atomic mass is 19.4. The lowest BCUT2D eigenvalue weighted by molar-refractivity contribution is -0.137. The molecule has 0 aliphatic heterocycles. The Morgan fingerprint density at radius 2 is 1.69 bits per heavy atom. The maximum Gasteiger partial charge on any atom is 0.416 e. The van der Waals surface area contributed by atoms with Gasteiger partial charge in [0.1, 0.15) is 5.75 Å². The van der Waals surface area contributed by atoms with Crippen LogP contribution in [0.3, 0.4) is 0 Å². The van der Waals surface area contributed by atoms with E-state index in [9.17, 15) is 32.7 Å². The van der Waals surface area contributed by atoms with Gasteiger partial charge in [-0.15, -0.1) is 0 Å². The van der Waals surface area contributed by atoms with Gasteiger partial charge >= 0.3 is 12.1 Å². The number of carboxylic acids is 1. The average Bonchev–Trinajstić information content (AvgIpc) is 2.83. The number of benzene rings is 3. The van der Waals surface area contributed by atoms with Crippen LogP contribution in [0.25, 0.3) is 22.1 Å². The molecule has 0 bridgehead atoms. The Balaban J connectivity index is 1.88. The van der Waals surface area contributed by atoms with Gasteiger partial charge in [-0.1, -0.05) is 12.1 Å². The van der Waals surface area contributed by atoms with Gasteiger partial charge in [0.25, 0.3) is 5.91 Å². The number of aromatic carboxylic acids is 1. The summed E-state index contributed by atoms with van der Waals surface area (Å²) in [5, 5.41) is 11.7. The Hall–Kier alpha value is -4.60. The first-order valence-corrected chi connectivity index (χ1v) is 10.0. The Bertz CT molecular complexity index is 1510. The topological polar surface area (TPSA) is 106 Å². The molecule has 0 atom stereocenters. The molecule has 10 heteroatoms. The summed E-state index contributed by atoms with van der Waals surface area (Å²) in [4.78, 5) is 36.9. The zero-order valence-corrected chi connectivity index (χ0v) is 18.0. The number of hydrogen-bond donors (Lipinski definition) is 2. The van der Waals surface area contributed by atoms with Gasteiger partial charge in [-0.25, -0.2) is 4.79 Å². The van der Waals surface area contributed by atoms with Gasteiger partial charge in [0.05, 0.1) is 23.7 Å². The zero-order chi connectivity index (χ0) is 25.3. The lowest BCUT2D eigenvalue weighted by atomic mass is 10.00. The molecule has 35 heavy (non-hydrogen) atoms. The molecular weight excluding hydrogens is 467 g/mol. The van der Waals surface area contributed by atoms with Crippen LogP contribution < -0.4 is 15.5 Å². The van der Waals surface area contributed by atoms with Crippen LogP contribution in [0.1, 0.15) is 26.5 Å². The molecule has 1 heterocycles. The Morgan fingerprint density at radius 1 is 0.971 bits per heavy atom. The fourth-order valence-electron chi connectivity index (χ4n) is 3.43. The second-order valence-corrected chi connectivity index (χ2v) is 7.44. The summed E-state index contributed by atoms with van der Waals surface area (Å²) in [6.07, 6.45) is -4.59. The number of amides is 1. The summed E-state index contributed by atoms with van der Waals surface area (Å²) in [5.74, 6) is -2.28. The van der Waals surface area contributed by atoms with Gasteiger partial charge in [0.2, 0.25) is 5.76 Å². The van der Waals surface area contributed by atoms with E-state index >= 15 is 0 Å². The van der Waals surface area contributed by atoms with E-state index in [0.29, 0.717) is 5.75 Å². The van der Waals surface area contributed by atoms with Gasteiger partial charge in [0, 0.05) is 11.6 Å². The van der Waals surface area contributed by atoms with E-state index in [0.717, 1.165) is 18.2 Å². The highest BCUT2D eigenvalue weighted by molar-refractivity contribution is 6.09. The average molecular weight is 483 g/mol. The van der Waals surface area contributed by atoms with Crippen molar-refractivity contribution < 1.29 is 37.0 Å². The fourth-order valence-corrected chi connectivity index (χ4v) is 3.43. The number of nitrogens with one attached hydrogen (secondary N) is 1. The van der Waals surface area contributed by atoms with Crippen LogP contribution in [-0.2, 0) is 6.18 Å². The third kappa shape index (κ3) is 4.86. The monoisotopic (exact) mass is 483 g/mol. The highest BCUT2D eigenvalue weighted by Gasteiger charge is 2.30. The zero-order valence-electron chi connectivity index (χ0n) is 18.0. The molecule has 0 spiro atoms. The standard InChI is InChI=1S/C25H16F3NO6/c1-34-17-7-5-13(6-8-17)23(31)29-19-11-15(14-3-2-4-16(9-14)25(26,27)28)10-18-20(30)12-21(24(32)33)35-22(18)19/h2-12H,1H3,(H,29,31)(H,32,33). The van der Waals surface area contributed by atoms with Gasteiger partial charge in [-0.2, -0.15) is 13.2 Å². The number of carbonyl (C=O) groups excluding carboxylic acids is 1. The third-order valence-electron chi connectivity index (χ3n) is 5.16. The van der Waals surface area contributed by atoms with Crippen LogP contribution in [0.4, 0.5) is 18.9 Å². The number of carbonyl (C=O) groups is 2. The SMILES string of the molecule is COc1ccc(C(=O)Nc2cc(-c3cccc(C(F)(F)F)c3)cc3c(=O)cc(C(=O)O)oc23)cc1. The van der Waals surface area contributed by atoms with Crippen molar-refractivity contribution >= 4 is 28.5 Å². The third-order valence-corrected chi connectivity index (χ3v) is 5.16. The van der Waals surface area contributed by atoms with E-state index in [-0.39, 0.29) is 33.3 Å². The second kappa shape index (κ2) is 8.98. The summed E-state index contributed by atoms with van der Waals surface area (Å²) in [6, 6.07) is 13.9. The Labute approximate surface area is 195 Å². The molecule has 0 fully saturated rings. The molecule has 0 saturated carbocycles. The van der Waals surface area contributed by atoms with E-state index in [1.54, 1.807) is 12.1 Å². The van der Waals surface area contributed by atoms with Gasteiger partial charge < -0.3 is 19.6 Å². The quantitative estimate of drug-likeness (QED) is 0.392. The smallest absolute Gasteiger partial charge is 0.416 e. The number of fused-ring (bicyclic) bond motifs is 1. The normalized spacial score (nSPS) is 11.3. The molecule has 2 N–H and O–H groups in total. The van der Waals surface area contributed by atoms with E-state index in [2.05, 4.69) is 5.32 Å². The van der Waals surface area contributed by atoms with Crippen molar-refractivity contribution in [2.75, 3.05) is 12.4 Å². The predicted molar refractivity (Wildman–Crippen MR) is 121 cm³/mol. The first kappa shape index (κ1) is 23.6. The van der Waals surface area contributed by atoms with Crippen LogP contribution in [0.5, 0.6) is 5.75 Å². The summed E-state index contributed by atoms with van der Waals surface area (Å²) < 4.78 is 50.1. The van der Waals surface area contributed by atoms with Crippen molar-refractivity contribution in [3.05, 3.63) is 93.8 Å². The Morgan fingerprint density at radius 3 is 2.31 bits per heavy atom. The van der Waals surface area contributed by atoms with E-state index in [4.69, 9.17) is 9.15 Å². The molecule has 1 amide bonds. The molecule has 0 saturated heterocycles. The molecule has 0 aliphatic carbocycles. The fraction of sp³-hybridized carbons (Fsp3) is 0.0800. The number of ether oxygens (including phenoxy) is 1. The number of hydrogen-bond acceptors (Lipinski definition) is 5. The predicted octanol–water partition coefficient (Wildman–Crippen LogP) is 5.44. The van der Waals surface area contributed by atoms with Crippen molar-refractivity contribution in [3.63, 3.8) is 0 Å². The van der Waals surface area contributed by atoms with Crippen LogP contribution >= 0.6 is 0 Å². The van der Waals surface area contributed by atoms with E-state index in [1.807, 2.05) is 0 Å². The second-order valence-electron chi connectivity index (χ2n) is 7.44. The molecule has 178 valence electrons. The Kier molecular flexibility index (Phi) is 6.04. The van der Waals surface area contributed by atoms with Crippen LogP contribution in [0.15, 0.2) is 75.9 Å². The number of carboxylic acid groups (broad SMARTS) is 1. The minimum atomic E-state index is -4.59. The lowest BCUT2D eigenvalue weighted by Crippen LogP contribution is -2.14. The van der Waals surface area contributed by atoms with Crippen molar-refractivity contribution in [3.8, 4) is 16.9 Å². The first-order valence-electron chi connectivity index (χ1n) is 10.0. The van der Waals surface area contributed by atoms with E-state index < -0.39 is 34.8 Å². The minimum Gasteiger partial charge on any atom is -0.497 e. The van der Waals surface area contributed by atoms with Gasteiger partial charge in [-0.05, 0) is 59.7 Å². The lowest BCUT2D eigenvalue weighted by Gasteiger charge is -2.13. The number of halogens is 3. The number of anilines is 1. The molecule has 3 aromatic carbocycles. The molecule has 0 unspecified atom stereocenters. The molecule has 1 aromatic heterocycles. The summed E-state index contributed by atoms with van der Waals surface area (Å²) in [6.45, 7) is 0. The minimum absolute atomic E-state index is 0.0871. The maximum atomic E-state index is 13.2. The molecular formula is C25H16F3NO6. The van der Waals surface area contributed by atoms with Gasteiger partial charge in [0.15, 0.2) is 11.0 Å². The van der Waals surface area contributed by atoms with Crippen molar-refractivity contribution in [2.45, 2.75) is 6.18 Å². The largest absolute Gasteiger partial charge is 0.497 e. The van der Waals surface area contributed by atoms with Crippen molar-refractivity contribution in [1.29, 1.82) is 0 Å². The van der Waals surface area contributed by atoms with Gasteiger partial charge in [-0.3, -0.25) is 9.59 Å². The molecule has 4 rings (SSSR count). The first-order chi connectivity index (χ1) is 16.6. The molecule has 0 aliphatic rings. The highest BCUT2D eigenvalue weighted by Crippen LogP contribution is 2.35. The number of alkyl halides is 3.